The van der Waals surface area contributed by atoms with Crippen LogP contribution in [0.2, 0.25) is 0 Å². The van der Waals surface area contributed by atoms with Crippen molar-refractivity contribution in [1.82, 2.24) is 0 Å². The first kappa shape index (κ1) is 12.4. The van der Waals surface area contributed by atoms with Crippen molar-refractivity contribution in [3.63, 3.8) is 0 Å². The van der Waals surface area contributed by atoms with E-state index in [4.69, 9.17) is 10.5 Å². The van der Waals surface area contributed by atoms with Crippen molar-refractivity contribution in [1.29, 1.82) is 0 Å². The minimum atomic E-state index is -0.566. The quantitative estimate of drug-likeness (QED) is 0.489. The van der Waals surface area contributed by atoms with Gasteiger partial charge in [-0.2, -0.15) is 0 Å². The van der Waals surface area contributed by atoms with Crippen LogP contribution < -0.4 is 5.73 Å². The van der Waals surface area contributed by atoms with Crippen molar-refractivity contribution in [3.8, 4) is 0 Å². The molecule has 4 heteroatoms. The van der Waals surface area contributed by atoms with Crippen LogP contribution in [0.15, 0.2) is 0 Å². The van der Waals surface area contributed by atoms with Gasteiger partial charge in [0.15, 0.2) is 0 Å². The number of hydrogen-bond acceptors (Lipinski definition) is 4. The molecule has 0 unspecified atom stereocenters. The second kappa shape index (κ2) is 5.94. The molecule has 0 aliphatic rings. The first-order valence-electron chi connectivity index (χ1n) is 4.41. The van der Waals surface area contributed by atoms with Gasteiger partial charge in [0, 0.05) is 6.61 Å². The van der Waals surface area contributed by atoms with Crippen molar-refractivity contribution in [3.05, 3.63) is 0 Å². The number of rotatable bonds is 6. The van der Waals surface area contributed by atoms with Gasteiger partial charge in [-0.3, -0.25) is 4.79 Å². The Morgan fingerprint density at radius 1 is 1.46 bits per heavy atom. The van der Waals surface area contributed by atoms with E-state index in [2.05, 4.69) is 4.74 Å². The lowest BCUT2D eigenvalue weighted by Gasteiger charge is -2.20. The smallest absolute Gasteiger partial charge is 0.313 e. The normalized spacial score (nSPS) is 11.4. The first-order valence-corrected chi connectivity index (χ1v) is 4.41. The number of carbonyl (C=O) groups excluding carboxylic acids is 1. The summed E-state index contributed by atoms with van der Waals surface area (Å²) in [6, 6.07) is 0. The van der Waals surface area contributed by atoms with E-state index < -0.39 is 5.41 Å². The van der Waals surface area contributed by atoms with Crippen LogP contribution in [0.1, 0.15) is 20.3 Å². The van der Waals surface area contributed by atoms with Gasteiger partial charge >= 0.3 is 5.97 Å². The number of carbonyl (C=O) groups is 1. The molecule has 0 saturated heterocycles. The van der Waals surface area contributed by atoms with Gasteiger partial charge in [0.1, 0.15) is 0 Å². The molecule has 0 spiro atoms. The number of hydrogen-bond donors (Lipinski definition) is 1. The van der Waals surface area contributed by atoms with Crippen LogP contribution in [0, 0.1) is 5.41 Å². The van der Waals surface area contributed by atoms with Gasteiger partial charge in [0.2, 0.25) is 0 Å². The van der Waals surface area contributed by atoms with E-state index in [9.17, 15) is 4.79 Å². The standard InChI is InChI=1S/C9H19NO3/c1-9(2,8(11)12-3)7-13-6-4-5-10/h4-7,10H2,1-3H3. The summed E-state index contributed by atoms with van der Waals surface area (Å²) in [6.07, 6.45) is 0.817. The molecule has 0 atom stereocenters. The average Bonchev–Trinajstić information content (AvgIpc) is 2.11. The summed E-state index contributed by atoms with van der Waals surface area (Å²) in [5.41, 5.74) is 4.73. The van der Waals surface area contributed by atoms with Crippen molar-refractivity contribution < 1.29 is 14.3 Å². The van der Waals surface area contributed by atoms with E-state index in [1.165, 1.54) is 7.11 Å². The van der Waals surface area contributed by atoms with Crippen molar-refractivity contribution in [2.24, 2.45) is 11.1 Å². The Balaban J connectivity index is 3.69. The Morgan fingerprint density at radius 2 is 2.08 bits per heavy atom. The summed E-state index contributed by atoms with van der Waals surface area (Å²) in [4.78, 5) is 11.2. The lowest BCUT2D eigenvalue weighted by Crippen LogP contribution is -2.31. The lowest BCUT2D eigenvalue weighted by molar-refractivity contribution is -0.154. The molecule has 0 aromatic carbocycles. The van der Waals surface area contributed by atoms with Gasteiger partial charge in [-0.15, -0.1) is 0 Å². The van der Waals surface area contributed by atoms with E-state index in [0.717, 1.165) is 6.42 Å². The molecule has 13 heavy (non-hydrogen) atoms. The predicted octanol–water partition coefficient (Wildman–Crippen LogP) is 0.551. The molecule has 0 aromatic heterocycles. The molecule has 0 aromatic rings. The summed E-state index contributed by atoms with van der Waals surface area (Å²) < 4.78 is 9.91. The zero-order valence-electron chi connectivity index (χ0n) is 8.63. The third-order valence-corrected chi connectivity index (χ3v) is 1.69. The fourth-order valence-electron chi connectivity index (χ4n) is 0.848. The molecule has 0 rings (SSSR count). The van der Waals surface area contributed by atoms with E-state index >= 15 is 0 Å². The molecule has 0 aliphatic carbocycles. The molecular formula is C9H19NO3. The average molecular weight is 189 g/mol. The van der Waals surface area contributed by atoms with Crippen LogP contribution in [0.5, 0.6) is 0 Å². The number of esters is 1. The SMILES string of the molecule is COC(=O)C(C)(C)COCCCN. The molecule has 2 N–H and O–H groups in total. The van der Waals surface area contributed by atoms with Gasteiger partial charge in [0.05, 0.1) is 19.1 Å². The largest absolute Gasteiger partial charge is 0.469 e. The van der Waals surface area contributed by atoms with Crippen molar-refractivity contribution in [2.75, 3.05) is 26.9 Å². The van der Waals surface area contributed by atoms with Gasteiger partial charge in [-0.1, -0.05) is 0 Å². The molecule has 0 heterocycles. The van der Waals surface area contributed by atoms with E-state index in [-0.39, 0.29) is 5.97 Å². The minimum absolute atomic E-state index is 0.250. The topological polar surface area (TPSA) is 61.5 Å². The maximum Gasteiger partial charge on any atom is 0.313 e. The molecular weight excluding hydrogens is 170 g/mol. The number of methoxy groups -OCH3 is 1. The zero-order chi connectivity index (χ0) is 10.3. The highest BCUT2D eigenvalue weighted by atomic mass is 16.5. The lowest BCUT2D eigenvalue weighted by atomic mass is 9.95. The summed E-state index contributed by atoms with van der Waals surface area (Å²) in [6.45, 7) is 5.16. The highest BCUT2D eigenvalue weighted by Crippen LogP contribution is 2.17. The monoisotopic (exact) mass is 189 g/mol. The van der Waals surface area contributed by atoms with Crippen molar-refractivity contribution in [2.45, 2.75) is 20.3 Å². The van der Waals surface area contributed by atoms with Gasteiger partial charge in [-0.05, 0) is 26.8 Å². The molecule has 0 fully saturated rings. The molecule has 4 nitrogen and oxygen atoms in total. The van der Waals surface area contributed by atoms with Crippen LogP contribution in [-0.4, -0.2) is 32.8 Å². The number of ether oxygens (including phenoxy) is 2. The fraction of sp³-hybridized carbons (Fsp3) is 0.889. The molecule has 78 valence electrons. The molecule has 0 aliphatic heterocycles. The molecule has 0 saturated carbocycles. The van der Waals surface area contributed by atoms with Crippen LogP contribution in [0.4, 0.5) is 0 Å². The van der Waals surface area contributed by atoms with Gasteiger partial charge in [0.25, 0.3) is 0 Å². The molecule has 0 radical (unpaired) electrons. The minimum Gasteiger partial charge on any atom is -0.469 e. The fourth-order valence-corrected chi connectivity index (χ4v) is 0.848. The maximum absolute atomic E-state index is 11.2. The molecule has 0 bridgehead atoms. The Labute approximate surface area is 79.4 Å². The van der Waals surface area contributed by atoms with E-state index in [1.807, 2.05) is 0 Å². The van der Waals surface area contributed by atoms with Gasteiger partial charge in [-0.25, -0.2) is 0 Å². The van der Waals surface area contributed by atoms with E-state index in [0.29, 0.717) is 19.8 Å². The summed E-state index contributed by atoms with van der Waals surface area (Å²) in [5.74, 6) is -0.250. The zero-order valence-corrected chi connectivity index (χ0v) is 8.63. The Kier molecular flexibility index (Phi) is 5.66. The third kappa shape index (κ3) is 4.85. The van der Waals surface area contributed by atoms with Gasteiger partial charge < -0.3 is 15.2 Å². The Hall–Kier alpha value is -0.610. The summed E-state index contributed by atoms with van der Waals surface area (Å²) in [5, 5.41) is 0. The van der Waals surface area contributed by atoms with Crippen LogP contribution >= 0.6 is 0 Å². The van der Waals surface area contributed by atoms with Crippen LogP contribution in [0.3, 0.4) is 0 Å². The van der Waals surface area contributed by atoms with Crippen LogP contribution in [0.25, 0.3) is 0 Å². The Morgan fingerprint density at radius 3 is 2.54 bits per heavy atom. The second-order valence-corrected chi connectivity index (χ2v) is 3.57. The van der Waals surface area contributed by atoms with Crippen molar-refractivity contribution >= 4 is 5.97 Å². The summed E-state index contributed by atoms with van der Waals surface area (Å²) in [7, 11) is 1.38. The van der Waals surface area contributed by atoms with E-state index in [1.54, 1.807) is 13.8 Å². The Bertz CT molecular complexity index is 157. The third-order valence-electron chi connectivity index (χ3n) is 1.69. The second-order valence-electron chi connectivity index (χ2n) is 3.57. The number of nitrogens with two attached hydrogens (primary N) is 1. The van der Waals surface area contributed by atoms with Crippen LogP contribution in [-0.2, 0) is 14.3 Å². The first-order chi connectivity index (χ1) is 6.04. The predicted molar refractivity (Wildman–Crippen MR) is 50.3 cm³/mol. The molecule has 0 amide bonds. The maximum atomic E-state index is 11.2. The highest BCUT2D eigenvalue weighted by molar-refractivity contribution is 5.75. The highest BCUT2D eigenvalue weighted by Gasteiger charge is 2.28. The summed E-state index contributed by atoms with van der Waals surface area (Å²) >= 11 is 0.